The van der Waals surface area contributed by atoms with Gasteiger partial charge in [0.1, 0.15) is 16.7 Å². The van der Waals surface area contributed by atoms with Gasteiger partial charge in [-0.2, -0.15) is 5.26 Å². The molecule has 1 unspecified atom stereocenters. The topological polar surface area (TPSA) is 108 Å². The molecule has 0 heterocycles. The number of nitro groups is 1. The van der Waals surface area contributed by atoms with Crippen LogP contribution in [-0.2, 0) is 4.79 Å². The van der Waals surface area contributed by atoms with Gasteiger partial charge >= 0.3 is 0 Å². The molecule has 1 aromatic carbocycles. The number of nitriles is 1. The third-order valence-electron chi connectivity index (χ3n) is 7.25. The first kappa shape index (κ1) is 20.7. The Hall–Kier alpha value is -2.59. The highest BCUT2D eigenvalue weighted by atomic mass is 35.5. The number of nitrogens with zero attached hydrogens (tertiary/aromatic N) is 2. The lowest BCUT2D eigenvalue weighted by Gasteiger charge is -2.59. The number of benzene rings is 1. The number of anilines is 1. The van der Waals surface area contributed by atoms with Gasteiger partial charge in [0.25, 0.3) is 11.6 Å². The van der Waals surface area contributed by atoms with E-state index in [0.717, 1.165) is 17.8 Å². The normalized spacial score (nSPS) is 30.4. The number of hydrogen-bond acceptors (Lipinski definition) is 5. The SMILES string of the molecule is CC(N/C=C(/C#N)C(=O)Nc1ccc(Cl)c([N+](=O)[O-])c1)C12CC3CC(CC(C3)C1)C2. The summed E-state index contributed by atoms with van der Waals surface area (Å²) in [5.41, 5.74) is 0.0973. The number of nitrogens with one attached hydrogen (secondary N) is 2. The summed E-state index contributed by atoms with van der Waals surface area (Å²) in [5, 5.41) is 26.3. The zero-order chi connectivity index (χ0) is 21.5. The van der Waals surface area contributed by atoms with Crippen LogP contribution < -0.4 is 10.6 Å². The summed E-state index contributed by atoms with van der Waals surface area (Å²) in [7, 11) is 0. The molecule has 158 valence electrons. The van der Waals surface area contributed by atoms with Crippen molar-refractivity contribution < 1.29 is 9.72 Å². The minimum atomic E-state index is -0.617. The van der Waals surface area contributed by atoms with Crippen molar-refractivity contribution in [1.29, 1.82) is 5.26 Å². The first-order chi connectivity index (χ1) is 14.3. The van der Waals surface area contributed by atoms with Gasteiger partial charge in [-0.3, -0.25) is 14.9 Å². The average molecular weight is 429 g/mol. The van der Waals surface area contributed by atoms with Crippen LogP contribution in [0.2, 0.25) is 5.02 Å². The van der Waals surface area contributed by atoms with Crippen molar-refractivity contribution in [3.05, 3.63) is 45.1 Å². The van der Waals surface area contributed by atoms with Crippen LogP contribution >= 0.6 is 11.6 Å². The fourth-order valence-electron chi connectivity index (χ4n) is 6.17. The third-order valence-corrected chi connectivity index (χ3v) is 7.57. The molecular formula is C22H25ClN4O3. The number of carbonyl (C=O) groups is 1. The van der Waals surface area contributed by atoms with E-state index in [4.69, 9.17) is 11.6 Å². The van der Waals surface area contributed by atoms with E-state index in [9.17, 15) is 20.2 Å². The van der Waals surface area contributed by atoms with Crippen LogP contribution in [0.5, 0.6) is 0 Å². The van der Waals surface area contributed by atoms with Crippen LogP contribution in [0, 0.1) is 44.6 Å². The molecular weight excluding hydrogens is 404 g/mol. The van der Waals surface area contributed by atoms with Crippen molar-refractivity contribution in [2.45, 2.75) is 51.5 Å². The molecule has 4 aliphatic carbocycles. The first-order valence-electron chi connectivity index (χ1n) is 10.4. The van der Waals surface area contributed by atoms with Gasteiger partial charge in [0.15, 0.2) is 0 Å². The summed E-state index contributed by atoms with van der Waals surface area (Å²) in [6, 6.07) is 6.10. The Bertz CT molecular complexity index is 917. The van der Waals surface area contributed by atoms with E-state index in [2.05, 4.69) is 17.6 Å². The first-order valence-corrected chi connectivity index (χ1v) is 10.8. The molecule has 30 heavy (non-hydrogen) atoms. The molecule has 1 atom stereocenters. The van der Waals surface area contributed by atoms with Gasteiger partial charge in [-0.25, -0.2) is 0 Å². The van der Waals surface area contributed by atoms with E-state index < -0.39 is 10.8 Å². The smallest absolute Gasteiger partial charge is 0.289 e. The summed E-state index contributed by atoms with van der Waals surface area (Å²) >= 11 is 5.80. The van der Waals surface area contributed by atoms with Crippen molar-refractivity contribution in [1.82, 2.24) is 5.32 Å². The number of amides is 1. The fourth-order valence-corrected chi connectivity index (χ4v) is 6.36. The van der Waals surface area contributed by atoms with E-state index in [1.807, 2.05) is 6.07 Å². The van der Waals surface area contributed by atoms with Crippen molar-refractivity contribution in [3.63, 3.8) is 0 Å². The van der Waals surface area contributed by atoms with Gasteiger partial charge in [0.2, 0.25) is 0 Å². The molecule has 5 rings (SSSR count). The van der Waals surface area contributed by atoms with Gasteiger partial charge in [0.05, 0.1) is 4.92 Å². The fraction of sp³-hybridized carbons (Fsp3) is 0.545. The van der Waals surface area contributed by atoms with E-state index in [1.165, 1.54) is 62.9 Å². The van der Waals surface area contributed by atoms with Gasteiger partial charge in [-0.1, -0.05) is 11.6 Å². The zero-order valence-corrected chi connectivity index (χ0v) is 17.6. The third kappa shape index (κ3) is 3.89. The second-order valence-electron chi connectivity index (χ2n) is 9.22. The molecule has 2 N–H and O–H groups in total. The van der Waals surface area contributed by atoms with Crippen molar-refractivity contribution in [2.24, 2.45) is 23.2 Å². The maximum atomic E-state index is 12.5. The summed E-state index contributed by atoms with van der Waals surface area (Å²) in [6.07, 6.45) is 9.25. The lowest BCUT2D eigenvalue weighted by atomic mass is 9.48. The Morgan fingerprint density at radius 2 is 1.90 bits per heavy atom. The highest BCUT2D eigenvalue weighted by Crippen LogP contribution is 2.61. The van der Waals surface area contributed by atoms with E-state index in [1.54, 1.807) is 0 Å². The molecule has 0 aromatic heterocycles. The van der Waals surface area contributed by atoms with E-state index in [0.29, 0.717) is 0 Å². The minimum Gasteiger partial charge on any atom is -0.387 e. The number of hydrogen-bond donors (Lipinski definition) is 2. The quantitative estimate of drug-likeness (QED) is 0.293. The van der Waals surface area contributed by atoms with Crippen LogP contribution in [0.15, 0.2) is 30.0 Å². The lowest BCUT2D eigenvalue weighted by Crippen LogP contribution is -2.54. The van der Waals surface area contributed by atoms with Crippen molar-refractivity contribution >= 4 is 28.9 Å². The van der Waals surface area contributed by atoms with Gasteiger partial charge < -0.3 is 10.6 Å². The molecule has 1 aromatic rings. The molecule has 7 nitrogen and oxygen atoms in total. The molecule has 0 spiro atoms. The predicted octanol–water partition coefficient (Wildman–Crippen LogP) is 4.79. The molecule has 4 saturated carbocycles. The maximum absolute atomic E-state index is 12.5. The van der Waals surface area contributed by atoms with E-state index in [-0.39, 0.29) is 33.4 Å². The number of carbonyl (C=O) groups excluding carboxylic acids is 1. The number of rotatable bonds is 6. The molecule has 4 aliphatic rings. The number of nitro benzene ring substituents is 1. The molecule has 4 fully saturated rings. The van der Waals surface area contributed by atoms with Crippen LogP contribution in [0.4, 0.5) is 11.4 Å². The Labute approximate surface area is 180 Å². The van der Waals surface area contributed by atoms with Gasteiger partial charge in [-0.15, -0.1) is 0 Å². The average Bonchev–Trinajstić information content (AvgIpc) is 2.68. The Balaban J connectivity index is 1.44. The Morgan fingerprint density at radius 3 is 2.43 bits per heavy atom. The van der Waals surface area contributed by atoms with Crippen LogP contribution in [0.25, 0.3) is 0 Å². The molecule has 0 radical (unpaired) electrons. The molecule has 0 saturated heterocycles. The zero-order valence-electron chi connectivity index (χ0n) is 16.9. The monoisotopic (exact) mass is 428 g/mol. The van der Waals surface area contributed by atoms with Crippen LogP contribution in [-0.4, -0.2) is 16.9 Å². The van der Waals surface area contributed by atoms with Crippen molar-refractivity contribution in [3.8, 4) is 6.07 Å². The molecule has 1 amide bonds. The predicted molar refractivity (Wildman–Crippen MR) is 114 cm³/mol. The standard InChI is InChI=1S/C22H25ClN4O3/c1-13(22-8-14-4-15(9-22)6-16(5-14)10-22)25-12-17(11-24)21(28)26-18-2-3-19(23)20(7-18)27(29)30/h2-3,7,12-16,25H,4-6,8-10H2,1H3,(H,26,28)/b17-12-. The second kappa shape index (κ2) is 7.92. The maximum Gasteiger partial charge on any atom is 0.289 e. The summed E-state index contributed by atoms with van der Waals surface area (Å²) in [4.78, 5) is 22.9. The lowest BCUT2D eigenvalue weighted by molar-refractivity contribution is -0.384. The highest BCUT2D eigenvalue weighted by Gasteiger charge is 2.53. The Kier molecular flexibility index (Phi) is 5.46. The number of halogens is 1. The summed E-state index contributed by atoms with van der Waals surface area (Å²) in [6.45, 7) is 2.15. The van der Waals surface area contributed by atoms with E-state index >= 15 is 0 Å². The highest BCUT2D eigenvalue weighted by molar-refractivity contribution is 6.32. The van der Waals surface area contributed by atoms with Crippen LogP contribution in [0.3, 0.4) is 0 Å². The van der Waals surface area contributed by atoms with Gasteiger partial charge in [-0.05, 0) is 80.8 Å². The minimum absolute atomic E-state index is 0.0138. The van der Waals surface area contributed by atoms with Crippen molar-refractivity contribution in [2.75, 3.05) is 5.32 Å². The molecule has 8 heteroatoms. The summed E-state index contributed by atoms with van der Waals surface area (Å²) < 4.78 is 0. The molecule has 0 aliphatic heterocycles. The van der Waals surface area contributed by atoms with Crippen LogP contribution in [0.1, 0.15) is 45.4 Å². The second-order valence-corrected chi connectivity index (χ2v) is 9.62. The molecule has 4 bridgehead atoms. The largest absolute Gasteiger partial charge is 0.387 e. The summed E-state index contributed by atoms with van der Waals surface area (Å²) in [5.74, 6) is 1.86. The Morgan fingerprint density at radius 1 is 1.30 bits per heavy atom. The van der Waals surface area contributed by atoms with Gasteiger partial charge in [0, 0.05) is 24.0 Å².